The van der Waals surface area contributed by atoms with Gasteiger partial charge in [0.1, 0.15) is 5.52 Å². The second kappa shape index (κ2) is 6.83. The van der Waals surface area contributed by atoms with Crippen LogP contribution in [0.5, 0.6) is 5.75 Å². The van der Waals surface area contributed by atoms with E-state index in [1.54, 1.807) is 7.11 Å². The molecule has 1 heterocycles. The lowest BCUT2D eigenvalue weighted by molar-refractivity contribution is 0.0985. The van der Waals surface area contributed by atoms with Crippen LogP contribution >= 0.6 is 0 Å². The van der Waals surface area contributed by atoms with Crippen LogP contribution in [0, 0.1) is 6.92 Å². The van der Waals surface area contributed by atoms with Crippen molar-refractivity contribution in [3.8, 4) is 5.75 Å². The van der Waals surface area contributed by atoms with E-state index < -0.39 is 0 Å². The van der Waals surface area contributed by atoms with E-state index >= 15 is 0 Å². The molecular formula is C21H21NO2. The van der Waals surface area contributed by atoms with Crippen LogP contribution in [0.4, 0.5) is 0 Å². The van der Waals surface area contributed by atoms with Crippen LogP contribution in [-0.4, -0.2) is 17.9 Å². The molecule has 0 unspecified atom stereocenters. The summed E-state index contributed by atoms with van der Waals surface area (Å²) in [4.78, 5) is 16.8. The molecule has 0 aliphatic carbocycles. The van der Waals surface area contributed by atoms with Crippen LogP contribution < -0.4 is 4.74 Å². The fraction of sp³-hybridized carbons (Fsp3) is 0.238. The number of nitrogens with zero attached hydrogens (tertiary/aromatic N) is 1. The first kappa shape index (κ1) is 16.2. The van der Waals surface area contributed by atoms with Crippen LogP contribution in [0.25, 0.3) is 10.9 Å². The summed E-state index contributed by atoms with van der Waals surface area (Å²) in [5.74, 6) is 0.653. The molecule has 1 aromatic heterocycles. The van der Waals surface area contributed by atoms with E-state index in [1.807, 2.05) is 44.3 Å². The number of benzene rings is 2. The first-order valence-electron chi connectivity index (χ1n) is 8.17. The Bertz CT molecular complexity index is 885. The van der Waals surface area contributed by atoms with Crippen LogP contribution in [0.1, 0.15) is 40.4 Å². The molecule has 0 radical (unpaired) electrons. The number of carbonyl (C=O) groups is 1. The normalized spacial score (nSPS) is 10.8. The van der Waals surface area contributed by atoms with Gasteiger partial charge in [0.15, 0.2) is 11.5 Å². The Labute approximate surface area is 142 Å². The number of hydrogen-bond donors (Lipinski definition) is 0. The maximum Gasteiger partial charge on any atom is 0.166 e. The van der Waals surface area contributed by atoms with Crippen LogP contribution in [0.15, 0.2) is 48.7 Å². The van der Waals surface area contributed by atoms with Crippen molar-refractivity contribution in [2.24, 2.45) is 0 Å². The molecule has 3 nitrogen and oxygen atoms in total. The maximum absolute atomic E-state index is 12.2. The Hall–Kier alpha value is -2.68. The third kappa shape index (κ3) is 3.02. The third-order valence-corrected chi connectivity index (χ3v) is 4.27. The first-order valence-corrected chi connectivity index (χ1v) is 8.17. The number of carbonyl (C=O) groups excluding carboxylic acids is 1. The average Bonchev–Trinajstić information content (AvgIpc) is 2.62. The number of rotatable bonds is 5. The molecule has 122 valence electrons. The van der Waals surface area contributed by atoms with Gasteiger partial charge in [-0.25, -0.2) is 0 Å². The summed E-state index contributed by atoms with van der Waals surface area (Å²) in [6.07, 6.45) is 3.16. The standard InChI is InChI=1S/C21H21NO2/c1-4-19(23)18-10-14(2)17-12-16(11-15-8-6-5-7-9-15)13-22-20(17)21(18)24-3/h5-10,12-13H,4,11H2,1-3H3. The van der Waals surface area contributed by atoms with E-state index in [0.29, 0.717) is 17.7 Å². The lowest BCUT2D eigenvalue weighted by atomic mass is 9.98. The van der Waals surface area contributed by atoms with Gasteiger partial charge in [-0.15, -0.1) is 0 Å². The van der Waals surface area contributed by atoms with Gasteiger partial charge in [0.05, 0.1) is 12.7 Å². The first-order chi connectivity index (χ1) is 11.6. The summed E-state index contributed by atoms with van der Waals surface area (Å²) in [5, 5.41) is 1.04. The van der Waals surface area contributed by atoms with Gasteiger partial charge < -0.3 is 4.74 Å². The van der Waals surface area contributed by atoms with Crippen molar-refractivity contribution >= 4 is 16.7 Å². The molecule has 0 aliphatic heterocycles. The van der Waals surface area contributed by atoms with Crippen molar-refractivity contribution in [3.63, 3.8) is 0 Å². The van der Waals surface area contributed by atoms with Gasteiger partial charge in [-0.2, -0.15) is 0 Å². The number of Topliss-reactive ketones (excluding diaryl/α,β-unsaturated/α-hetero) is 1. The van der Waals surface area contributed by atoms with E-state index in [1.165, 1.54) is 5.56 Å². The van der Waals surface area contributed by atoms with E-state index in [4.69, 9.17) is 4.74 Å². The van der Waals surface area contributed by atoms with Gasteiger partial charge in [-0.1, -0.05) is 37.3 Å². The molecule has 0 N–H and O–H groups in total. The lowest BCUT2D eigenvalue weighted by Gasteiger charge is -2.13. The zero-order valence-electron chi connectivity index (χ0n) is 14.3. The smallest absolute Gasteiger partial charge is 0.166 e. The molecule has 0 saturated carbocycles. The highest BCUT2D eigenvalue weighted by Crippen LogP contribution is 2.32. The van der Waals surface area contributed by atoms with Gasteiger partial charge in [-0.3, -0.25) is 9.78 Å². The Balaban J connectivity index is 2.10. The lowest BCUT2D eigenvalue weighted by Crippen LogP contribution is -2.03. The molecule has 0 spiro atoms. The molecule has 0 bridgehead atoms. The van der Waals surface area contributed by atoms with Gasteiger partial charge in [-0.05, 0) is 42.2 Å². The minimum absolute atomic E-state index is 0.0759. The summed E-state index contributed by atoms with van der Waals surface area (Å²) in [5.41, 5.74) is 4.82. The van der Waals surface area contributed by atoms with Gasteiger partial charge in [0.2, 0.25) is 0 Å². The fourth-order valence-electron chi connectivity index (χ4n) is 3.01. The van der Waals surface area contributed by atoms with Crippen LogP contribution in [-0.2, 0) is 6.42 Å². The third-order valence-electron chi connectivity index (χ3n) is 4.27. The van der Waals surface area contributed by atoms with E-state index in [0.717, 1.165) is 28.5 Å². The van der Waals surface area contributed by atoms with E-state index in [2.05, 4.69) is 23.2 Å². The van der Waals surface area contributed by atoms with Gasteiger partial charge in [0, 0.05) is 18.0 Å². The number of aromatic nitrogens is 1. The second-order valence-corrected chi connectivity index (χ2v) is 5.95. The summed E-state index contributed by atoms with van der Waals surface area (Å²) in [6, 6.07) is 14.4. The average molecular weight is 319 g/mol. The summed E-state index contributed by atoms with van der Waals surface area (Å²) < 4.78 is 5.51. The number of fused-ring (bicyclic) bond motifs is 1. The number of hydrogen-bond acceptors (Lipinski definition) is 3. The Morgan fingerprint density at radius 2 is 1.88 bits per heavy atom. The van der Waals surface area contributed by atoms with E-state index in [9.17, 15) is 4.79 Å². The van der Waals surface area contributed by atoms with Gasteiger partial charge in [0.25, 0.3) is 0 Å². The summed E-state index contributed by atoms with van der Waals surface area (Å²) >= 11 is 0. The molecule has 0 amide bonds. The molecule has 24 heavy (non-hydrogen) atoms. The highest BCUT2D eigenvalue weighted by Gasteiger charge is 2.17. The zero-order valence-corrected chi connectivity index (χ0v) is 14.3. The van der Waals surface area contributed by atoms with Crippen molar-refractivity contribution in [2.75, 3.05) is 7.11 Å². The molecule has 0 aliphatic rings. The quantitative estimate of drug-likeness (QED) is 0.638. The SMILES string of the molecule is CCC(=O)c1cc(C)c2cc(Cc3ccccc3)cnc2c1OC. The number of methoxy groups -OCH3 is 1. The van der Waals surface area contributed by atoms with Crippen molar-refractivity contribution < 1.29 is 9.53 Å². The number of aryl methyl sites for hydroxylation is 1. The van der Waals surface area contributed by atoms with E-state index in [-0.39, 0.29) is 5.78 Å². The van der Waals surface area contributed by atoms with Crippen molar-refractivity contribution in [1.82, 2.24) is 4.98 Å². The van der Waals surface area contributed by atoms with Crippen LogP contribution in [0.2, 0.25) is 0 Å². The second-order valence-electron chi connectivity index (χ2n) is 5.95. The molecule has 3 aromatic rings. The van der Waals surface area contributed by atoms with Crippen LogP contribution in [0.3, 0.4) is 0 Å². The molecule has 3 rings (SSSR count). The Kier molecular flexibility index (Phi) is 4.61. The minimum atomic E-state index is 0.0759. The van der Waals surface area contributed by atoms with Gasteiger partial charge >= 0.3 is 0 Å². The summed E-state index contributed by atoms with van der Waals surface area (Å²) in [7, 11) is 1.59. The zero-order chi connectivity index (χ0) is 17.1. The van der Waals surface area contributed by atoms with Crippen molar-refractivity contribution in [2.45, 2.75) is 26.7 Å². The Morgan fingerprint density at radius 3 is 2.54 bits per heavy atom. The summed E-state index contributed by atoms with van der Waals surface area (Å²) in [6.45, 7) is 3.87. The molecule has 0 fully saturated rings. The predicted molar refractivity (Wildman–Crippen MR) is 96.9 cm³/mol. The van der Waals surface area contributed by atoms with Crippen molar-refractivity contribution in [3.05, 3.63) is 70.9 Å². The molecule has 2 aromatic carbocycles. The minimum Gasteiger partial charge on any atom is -0.494 e. The topological polar surface area (TPSA) is 39.2 Å². The molecular weight excluding hydrogens is 298 g/mol. The number of ether oxygens (including phenoxy) is 1. The largest absolute Gasteiger partial charge is 0.494 e. The predicted octanol–water partition coefficient (Wildman–Crippen LogP) is 4.74. The van der Waals surface area contributed by atoms with Crippen molar-refractivity contribution in [1.29, 1.82) is 0 Å². The molecule has 0 saturated heterocycles. The number of ketones is 1. The monoisotopic (exact) mass is 319 g/mol. The molecule has 0 atom stereocenters. The fourth-order valence-corrected chi connectivity index (χ4v) is 3.01. The Morgan fingerprint density at radius 1 is 1.12 bits per heavy atom. The highest BCUT2D eigenvalue weighted by molar-refractivity contribution is 6.04. The highest BCUT2D eigenvalue weighted by atomic mass is 16.5. The maximum atomic E-state index is 12.2. The number of pyridine rings is 1. The molecule has 3 heteroatoms.